The van der Waals surface area contributed by atoms with E-state index < -0.39 is 43.8 Å². The number of hydrogen-bond acceptors (Lipinski definition) is 9. The number of aliphatic hydroxyl groups is 2. The quantitative estimate of drug-likeness (QED) is 0.175. The van der Waals surface area contributed by atoms with Crippen LogP contribution in [0.3, 0.4) is 0 Å². The first-order valence-electron chi connectivity index (χ1n) is 10.1. The molecular weight excluding hydrogens is 452 g/mol. The minimum Gasteiger partial charge on any atom is -0.488 e. The predicted molar refractivity (Wildman–Crippen MR) is 119 cm³/mol. The van der Waals surface area contributed by atoms with E-state index in [1.807, 2.05) is 0 Å². The molecule has 0 heterocycles. The van der Waals surface area contributed by atoms with E-state index in [9.17, 15) is 24.6 Å². The van der Waals surface area contributed by atoms with Gasteiger partial charge in [0, 0.05) is 0 Å². The molecule has 0 amide bonds. The average Bonchev–Trinajstić information content (AvgIpc) is 2.75. The van der Waals surface area contributed by atoms with E-state index in [0.717, 1.165) is 4.90 Å². The van der Waals surface area contributed by atoms with E-state index in [1.54, 1.807) is 48.5 Å². The largest absolute Gasteiger partial charge is 0.488 e. The van der Waals surface area contributed by atoms with Crippen molar-refractivity contribution in [2.24, 2.45) is 0 Å². The van der Waals surface area contributed by atoms with Crippen LogP contribution in [0.15, 0.2) is 48.5 Å². The van der Waals surface area contributed by atoms with Crippen LogP contribution >= 0.6 is 0 Å². The summed E-state index contributed by atoms with van der Waals surface area (Å²) >= 11 is 0. The summed E-state index contributed by atoms with van der Waals surface area (Å²) in [4.78, 5) is 35.9. The van der Waals surface area contributed by atoms with Gasteiger partial charge in [-0.15, -0.1) is 0 Å². The first-order chi connectivity index (χ1) is 16.2. The van der Waals surface area contributed by atoms with Crippen molar-refractivity contribution in [2.45, 2.75) is 6.29 Å². The lowest BCUT2D eigenvalue weighted by atomic mass is 10.2. The molecule has 2 rings (SSSR count). The maximum Gasteiger partial charge on any atom is 0.323 e. The Bertz CT molecular complexity index is 966. The van der Waals surface area contributed by atoms with Crippen LogP contribution in [-0.2, 0) is 14.4 Å². The van der Waals surface area contributed by atoms with Crippen molar-refractivity contribution in [1.29, 1.82) is 0 Å². The Hall–Kier alpha value is -4.03. The summed E-state index contributed by atoms with van der Waals surface area (Å²) in [5, 5.41) is 45.9. The smallest absolute Gasteiger partial charge is 0.323 e. The fraction of sp³-hybridized carbons (Fsp3) is 0.318. The molecule has 184 valence electrons. The van der Waals surface area contributed by atoms with E-state index in [-0.39, 0.29) is 31.2 Å². The number of rotatable bonds is 15. The highest BCUT2D eigenvalue weighted by Crippen LogP contribution is 2.29. The molecule has 0 saturated carbocycles. The van der Waals surface area contributed by atoms with Crippen LogP contribution in [0.25, 0.3) is 0 Å². The third-order valence-corrected chi connectivity index (χ3v) is 4.37. The average molecular weight is 478 g/mol. The lowest BCUT2D eigenvalue weighted by molar-refractivity contribution is -0.137. The minimum atomic E-state index is -1.76. The summed E-state index contributed by atoms with van der Waals surface area (Å²) in [5.74, 6) is -3.01. The highest BCUT2D eigenvalue weighted by atomic mass is 16.5. The number of aliphatic carboxylic acids is 3. The molecular formula is C22H26N2O10. The summed E-state index contributed by atoms with van der Waals surface area (Å²) in [6.45, 7) is -1.89. The number of aliphatic hydroxyl groups excluding tert-OH is 1. The first kappa shape index (κ1) is 26.2. The molecule has 2 aromatic carbocycles. The third kappa shape index (κ3) is 8.48. The van der Waals surface area contributed by atoms with Crippen LogP contribution < -0.4 is 19.3 Å². The molecule has 12 nitrogen and oxygen atoms in total. The highest BCUT2D eigenvalue weighted by molar-refractivity contribution is 5.81. The van der Waals surface area contributed by atoms with Gasteiger partial charge in [0.15, 0.2) is 6.29 Å². The van der Waals surface area contributed by atoms with E-state index in [4.69, 9.17) is 24.8 Å². The number of carbonyl (C=O) groups is 3. The molecule has 0 radical (unpaired) electrons. The minimum absolute atomic E-state index is 0.000879. The molecule has 0 aliphatic carbocycles. The molecule has 0 aliphatic rings. The van der Waals surface area contributed by atoms with Gasteiger partial charge in [-0.05, 0) is 24.3 Å². The van der Waals surface area contributed by atoms with E-state index in [0.29, 0.717) is 11.4 Å². The van der Waals surface area contributed by atoms with Crippen LogP contribution in [-0.4, -0.2) is 89.1 Å². The number of benzene rings is 2. The third-order valence-electron chi connectivity index (χ3n) is 4.37. The predicted octanol–water partition coefficient (Wildman–Crippen LogP) is 0.322. The monoisotopic (exact) mass is 478 g/mol. The van der Waals surface area contributed by atoms with Crippen LogP contribution in [0.2, 0.25) is 0 Å². The van der Waals surface area contributed by atoms with Crippen LogP contribution in [0, 0.1) is 0 Å². The lowest BCUT2D eigenvalue weighted by Crippen LogP contribution is -2.36. The highest BCUT2D eigenvalue weighted by Gasteiger charge is 2.19. The van der Waals surface area contributed by atoms with Gasteiger partial charge in [-0.25, -0.2) is 0 Å². The van der Waals surface area contributed by atoms with Gasteiger partial charge in [-0.1, -0.05) is 24.3 Å². The number of hydrogen-bond donors (Lipinski definition) is 5. The number of carboxylic acid groups (broad SMARTS) is 3. The normalized spacial score (nSPS) is 10.6. The lowest BCUT2D eigenvalue weighted by Gasteiger charge is -2.26. The molecule has 2 aromatic rings. The maximum atomic E-state index is 11.2. The Labute approximate surface area is 194 Å². The van der Waals surface area contributed by atoms with Crippen molar-refractivity contribution in [3.8, 4) is 11.5 Å². The van der Waals surface area contributed by atoms with Gasteiger partial charge in [0.25, 0.3) is 0 Å². The summed E-state index contributed by atoms with van der Waals surface area (Å²) in [6, 6.07) is 12.9. The fourth-order valence-electron chi connectivity index (χ4n) is 3.15. The van der Waals surface area contributed by atoms with Gasteiger partial charge in [-0.3, -0.25) is 14.4 Å². The van der Waals surface area contributed by atoms with Crippen molar-refractivity contribution >= 4 is 29.3 Å². The second kappa shape index (κ2) is 12.9. The molecule has 0 unspecified atom stereocenters. The molecule has 0 aromatic heterocycles. The maximum absolute atomic E-state index is 11.2. The molecule has 0 saturated heterocycles. The number of anilines is 2. The van der Waals surface area contributed by atoms with Crippen molar-refractivity contribution in [1.82, 2.24) is 0 Å². The summed E-state index contributed by atoms with van der Waals surface area (Å²) in [5.41, 5.74) is 0.629. The number of nitrogens with zero attached hydrogens (tertiary/aromatic N) is 2. The molecule has 12 heteroatoms. The van der Waals surface area contributed by atoms with Crippen LogP contribution in [0.4, 0.5) is 11.4 Å². The van der Waals surface area contributed by atoms with E-state index >= 15 is 0 Å². The van der Waals surface area contributed by atoms with Crippen molar-refractivity contribution in [3.05, 3.63) is 48.5 Å². The van der Waals surface area contributed by atoms with Gasteiger partial charge in [0.2, 0.25) is 0 Å². The zero-order chi connectivity index (χ0) is 25.1. The molecule has 5 N–H and O–H groups in total. The Kier molecular flexibility index (Phi) is 9.92. The number of carboxylic acids is 3. The summed E-state index contributed by atoms with van der Waals surface area (Å²) < 4.78 is 11.4. The second-order valence-electron chi connectivity index (χ2n) is 7.03. The van der Waals surface area contributed by atoms with Crippen LogP contribution in [0.5, 0.6) is 11.5 Å². The summed E-state index contributed by atoms with van der Waals surface area (Å²) in [7, 11) is 0. The Morgan fingerprint density at radius 3 is 1.47 bits per heavy atom. The van der Waals surface area contributed by atoms with Crippen molar-refractivity contribution < 1.29 is 49.4 Å². The Morgan fingerprint density at radius 1 is 0.676 bits per heavy atom. The van der Waals surface area contributed by atoms with Crippen molar-refractivity contribution in [3.63, 3.8) is 0 Å². The standard InChI is InChI=1S/C22H26N2O10/c25-19(26)11-23(12-20(27)28)15-5-1-3-7-17(15)33-9-10-34-18-8-4-2-6-16(18)24(13-21(29)30)14-22(31)32/h1-8,19,25-26H,9-14H2,(H,27,28)(H,29,30)(H,31,32). The topological polar surface area (TPSA) is 177 Å². The zero-order valence-electron chi connectivity index (χ0n) is 18.1. The first-order valence-corrected chi connectivity index (χ1v) is 10.1. The van der Waals surface area contributed by atoms with Gasteiger partial charge < -0.3 is 44.8 Å². The molecule has 0 aliphatic heterocycles. The van der Waals surface area contributed by atoms with Gasteiger partial charge >= 0.3 is 17.9 Å². The van der Waals surface area contributed by atoms with Gasteiger partial charge in [-0.2, -0.15) is 0 Å². The number of ether oxygens (including phenoxy) is 2. The van der Waals surface area contributed by atoms with Crippen LogP contribution in [0.1, 0.15) is 0 Å². The van der Waals surface area contributed by atoms with Gasteiger partial charge in [0.05, 0.1) is 17.9 Å². The Balaban J connectivity index is 2.09. The molecule has 0 bridgehead atoms. The Morgan fingerprint density at radius 2 is 1.06 bits per heavy atom. The summed E-state index contributed by atoms with van der Waals surface area (Å²) in [6.07, 6.45) is -1.76. The fourth-order valence-corrected chi connectivity index (χ4v) is 3.15. The van der Waals surface area contributed by atoms with E-state index in [1.165, 1.54) is 4.90 Å². The van der Waals surface area contributed by atoms with Gasteiger partial charge in [0.1, 0.15) is 44.3 Å². The molecule has 0 spiro atoms. The SMILES string of the molecule is O=C(O)CN(CC(=O)O)c1ccccc1OCCOc1ccccc1N(CC(=O)O)CC(O)O. The number of para-hydroxylation sites is 4. The zero-order valence-corrected chi connectivity index (χ0v) is 18.1. The molecule has 34 heavy (non-hydrogen) atoms. The molecule has 0 fully saturated rings. The van der Waals surface area contributed by atoms with E-state index in [2.05, 4.69) is 0 Å². The second-order valence-corrected chi connectivity index (χ2v) is 7.03. The molecule has 0 atom stereocenters. The van der Waals surface area contributed by atoms with Crippen molar-refractivity contribution in [2.75, 3.05) is 49.2 Å².